The van der Waals surface area contributed by atoms with Crippen molar-refractivity contribution in [1.82, 2.24) is 0 Å². The predicted octanol–water partition coefficient (Wildman–Crippen LogP) is 2.64. The topological polar surface area (TPSA) is 99.7 Å². The molecule has 0 aliphatic heterocycles. The van der Waals surface area contributed by atoms with Gasteiger partial charge in [0.05, 0.1) is 11.7 Å². The van der Waals surface area contributed by atoms with Crippen LogP contribution in [0, 0.1) is 10.8 Å². The van der Waals surface area contributed by atoms with E-state index in [-0.39, 0.29) is 36.5 Å². The van der Waals surface area contributed by atoms with Gasteiger partial charge in [0.25, 0.3) is 0 Å². The molecule has 2 aromatic rings. The van der Waals surface area contributed by atoms with Crippen LogP contribution in [0.4, 0.5) is 0 Å². The summed E-state index contributed by atoms with van der Waals surface area (Å²) >= 11 is 0. The van der Waals surface area contributed by atoms with Crippen LogP contribution in [0.3, 0.4) is 0 Å². The number of rotatable bonds is 4. The van der Waals surface area contributed by atoms with Crippen molar-refractivity contribution < 1.29 is 0 Å². The van der Waals surface area contributed by atoms with Gasteiger partial charge in [-0.1, -0.05) is 36.4 Å². The predicted molar refractivity (Wildman–Crippen MR) is 89.7 cm³/mol. The van der Waals surface area contributed by atoms with Crippen molar-refractivity contribution in [2.45, 2.75) is 12.8 Å². The normalized spacial score (nSPS) is 9.40. The van der Waals surface area contributed by atoms with Gasteiger partial charge in [-0.3, -0.25) is 10.8 Å². The van der Waals surface area contributed by atoms with E-state index < -0.39 is 0 Å². The third-order valence-corrected chi connectivity index (χ3v) is 2.86. The lowest BCUT2D eigenvalue weighted by atomic mass is 9.96. The van der Waals surface area contributed by atoms with Gasteiger partial charge in [-0.2, -0.15) is 0 Å². The smallest absolute Gasteiger partial charge is 0.0950 e. The number of benzene rings is 2. The third-order valence-electron chi connectivity index (χ3n) is 2.86. The minimum Gasteiger partial charge on any atom is -0.387 e. The van der Waals surface area contributed by atoms with Crippen molar-refractivity contribution >= 4 is 47.3 Å². The molecular formula is C14H18Cl2N4. The Balaban J connectivity index is 0.00000180. The van der Waals surface area contributed by atoms with Crippen molar-refractivity contribution in [2.75, 3.05) is 0 Å². The van der Waals surface area contributed by atoms with Crippen LogP contribution in [0.15, 0.2) is 36.4 Å². The van der Waals surface area contributed by atoms with Gasteiger partial charge in [-0.05, 0) is 21.9 Å². The fraction of sp³-hybridized carbons (Fsp3) is 0.143. The van der Waals surface area contributed by atoms with Crippen LogP contribution in [-0.4, -0.2) is 11.7 Å². The Morgan fingerprint density at radius 2 is 1.10 bits per heavy atom. The minimum absolute atomic E-state index is 0. The maximum absolute atomic E-state index is 7.40. The molecule has 0 heterocycles. The summed E-state index contributed by atoms with van der Waals surface area (Å²) in [5.41, 5.74) is 13.0. The lowest BCUT2D eigenvalue weighted by molar-refractivity contribution is 1.25. The lowest BCUT2D eigenvalue weighted by Crippen LogP contribution is -2.14. The molecule has 0 radical (unpaired) electrons. The van der Waals surface area contributed by atoms with Crippen LogP contribution in [0.25, 0.3) is 10.8 Å². The zero-order chi connectivity index (χ0) is 13.1. The van der Waals surface area contributed by atoms with Gasteiger partial charge >= 0.3 is 0 Å². The van der Waals surface area contributed by atoms with Crippen molar-refractivity contribution in [1.29, 1.82) is 10.8 Å². The molecule has 4 nitrogen and oxygen atoms in total. The second kappa shape index (κ2) is 7.72. The van der Waals surface area contributed by atoms with Crippen LogP contribution in [0.5, 0.6) is 0 Å². The first kappa shape index (κ1) is 18.2. The van der Waals surface area contributed by atoms with Crippen LogP contribution >= 0.6 is 24.8 Å². The molecule has 0 spiro atoms. The van der Waals surface area contributed by atoms with Crippen LogP contribution in [-0.2, 0) is 12.8 Å². The number of amidine groups is 2. The third kappa shape index (κ3) is 4.11. The number of nitrogens with one attached hydrogen (secondary N) is 2. The quantitative estimate of drug-likeness (QED) is 0.515. The molecule has 0 saturated carbocycles. The number of hydrogen-bond acceptors (Lipinski definition) is 2. The largest absolute Gasteiger partial charge is 0.387 e. The highest BCUT2D eigenvalue weighted by atomic mass is 35.5. The molecule has 0 atom stereocenters. The van der Waals surface area contributed by atoms with Gasteiger partial charge in [0.15, 0.2) is 0 Å². The first-order valence-corrected chi connectivity index (χ1v) is 5.73. The van der Waals surface area contributed by atoms with E-state index in [2.05, 4.69) is 0 Å². The Labute approximate surface area is 130 Å². The number of fused-ring (bicyclic) bond motifs is 1. The maximum Gasteiger partial charge on any atom is 0.0950 e. The zero-order valence-corrected chi connectivity index (χ0v) is 12.5. The van der Waals surface area contributed by atoms with Gasteiger partial charge in [0.1, 0.15) is 0 Å². The van der Waals surface area contributed by atoms with Gasteiger partial charge in [-0.25, -0.2) is 0 Å². The Kier molecular flexibility index (Phi) is 7.04. The molecule has 6 N–H and O–H groups in total. The van der Waals surface area contributed by atoms with Gasteiger partial charge in [-0.15, -0.1) is 24.8 Å². The van der Waals surface area contributed by atoms with E-state index in [9.17, 15) is 0 Å². The number of nitrogens with two attached hydrogens (primary N) is 2. The fourth-order valence-corrected chi connectivity index (χ4v) is 2.16. The minimum atomic E-state index is 0. The van der Waals surface area contributed by atoms with Crippen molar-refractivity contribution in [3.8, 4) is 0 Å². The molecule has 0 amide bonds. The van der Waals surface area contributed by atoms with Gasteiger partial charge in [0.2, 0.25) is 0 Å². The van der Waals surface area contributed by atoms with Crippen molar-refractivity contribution in [3.63, 3.8) is 0 Å². The van der Waals surface area contributed by atoms with E-state index in [0.29, 0.717) is 12.8 Å². The summed E-state index contributed by atoms with van der Waals surface area (Å²) in [5.74, 6) is 0.305. The molecule has 108 valence electrons. The highest BCUT2D eigenvalue weighted by Crippen LogP contribution is 2.23. The van der Waals surface area contributed by atoms with E-state index in [1.165, 1.54) is 0 Å². The average Bonchev–Trinajstić information content (AvgIpc) is 2.29. The molecule has 2 rings (SSSR count). The molecule has 0 aliphatic rings. The zero-order valence-electron chi connectivity index (χ0n) is 10.8. The maximum atomic E-state index is 7.40. The summed E-state index contributed by atoms with van der Waals surface area (Å²) in [6.07, 6.45) is 0.891. The second-order valence-electron chi connectivity index (χ2n) is 4.33. The van der Waals surface area contributed by atoms with Gasteiger partial charge < -0.3 is 11.5 Å². The molecule has 0 bridgehead atoms. The molecular weight excluding hydrogens is 295 g/mol. The molecule has 6 heteroatoms. The Hall–Kier alpha value is -1.78. The molecule has 20 heavy (non-hydrogen) atoms. The van der Waals surface area contributed by atoms with Crippen molar-refractivity contribution in [3.05, 3.63) is 47.5 Å². The second-order valence-corrected chi connectivity index (χ2v) is 4.33. The Morgan fingerprint density at radius 3 is 1.40 bits per heavy atom. The highest BCUT2D eigenvalue weighted by Gasteiger charge is 2.06. The standard InChI is InChI=1S/C14H16N4.2ClH/c15-13(16)7-9-3-1-5-11-10(8-14(17)18)4-2-6-12(9)11;;/h1-6H,7-8H2,(H3,15,16)(H3,17,18);2*1H. The molecule has 0 fully saturated rings. The lowest BCUT2D eigenvalue weighted by Gasteiger charge is -2.09. The van der Waals surface area contributed by atoms with Gasteiger partial charge in [0, 0.05) is 12.8 Å². The van der Waals surface area contributed by atoms with E-state index >= 15 is 0 Å². The first-order valence-electron chi connectivity index (χ1n) is 5.73. The molecule has 0 aromatic heterocycles. The van der Waals surface area contributed by atoms with Crippen LogP contribution in [0.1, 0.15) is 11.1 Å². The summed E-state index contributed by atoms with van der Waals surface area (Å²) < 4.78 is 0. The summed E-state index contributed by atoms with van der Waals surface area (Å²) in [6, 6.07) is 11.9. The van der Waals surface area contributed by atoms with E-state index in [1.54, 1.807) is 0 Å². The first-order chi connectivity index (χ1) is 8.58. The SMILES string of the molecule is Cl.Cl.N=C(N)Cc1cccc2c(CC(=N)N)cccc12. The molecule has 0 aliphatic carbocycles. The summed E-state index contributed by atoms with van der Waals surface area (Å²) in [4.78, 5) is 0. The fourth-order valence-electron chi connectivity index (χ4n) is 2.16. The Bertz CT molecular complexity index is 570. The monoisotopic (exact) mass is 312 g/mol. The van der Waals surface area contributed by atoms with E-state index in [4.69, 9.17) is 22.3 Å². The summed E-state index contributed by atoms with van der Waals surface area (Å²) in [7, 11) is 0. The molecule has 2 aromatic carbocycles. The van der Waals surface area contributed by atoms with E-state index in [0.717, 1.165) is 21.9 Å². The molecule has 0 saturated heterocycles. The summed E-state index contributed by atoms with van der Waals surface area (Å²) in [5, 5.41) is 16.9. The summed E-state index contributed by atoms with van der Waals surface area (Å²) in [6.45, 7) is 0. The molecule has 0 unspecified atom stereocenters. The van der Waals surface area contributed by atoms with E-state index in [1.807, 2.05) is 36.4 Å². The van der Waals surface area contributed by atoms with Crippen LogP contribution in [0.2, 0.25) is 0 Å². The van der Waals surface area contributed by atoms with Crippen LogP contribution < -0.4 is 11.5 Å². The van der Waals surface area contributed by atoms with Crippen molar-refractivity contribution in [2.24, 2.45) is 11.5 Å². The Morgan fingerprint density at radius 1 is 0.750 bits per heavy atom. The highest BCUT2D eigenvalue weighted by molar-refractivity contribution is 5.94. The number of hydrogen-bond donors (Lipinski definition) is 4. The number of halogens is 2. The average molecular weight is 313 g/mol.